The van der Waals surface area contributed by atoms with E-state index in [1.54, 1.807) is 11.1 Å². The number of hydrogen-bond donors (Lipinski definition) is 0. The van der Waals surface area contributed by atoms with Crippen LogP contribution < -0.4 is 4.90 Å². The van der Waals surface area contributed by atoms with Gasteiger partial charge >= 0.3 is 6.18 Å². The summed E-state index contributed by atoms with van der Waals surface area (Å²) in [5.74, 6) is -0.831. The molecule has 7 rings (SSSR count). The molecule has 42 heavy (non-hydrogen) atoms. The number of anilines is 1. The Kier molecular flexibility index (Phi) is 6.61. The quantitative estimate of drug-likeness (QED) is 0.364. The summed E-state index contributed by atoms with van der Waals surface area (Å²) in [6, 6.07) is 4.46. The molecule has 0 radical (unpaired) electrons. The number of hydrogen-bond acceptors (Lipinski definition) is 6. The van der Waals surface area contributed by atoms with Crippen molar-refractivity contribution in [2.24, 2.45) is 10.4 Å². The highest BCUT2D eigenvalue weighted by Crippen LogP contribution is 2.43. The first kappa shape index (κ1) is 27.5. The minimum Gasteiger partial charge on any atom is -0.316 e. The lowest BCUT2D eigenvalue weighted by molar-refractivity contribution is -0.164. The highest BCUT2D eigenvalue weighted by molar-refractivity contribution is 6.13. The van der Waals surface area contributed by atoms with E-state index in [-0.39, 0.29) is 47.6 Å². The Morgan fingerprint density at radius 1 is 1.05 bits per heavy atom. The van der Waals surface area contributed by atoms with Crippen LogP contribution in [0.1, 0.15) is 49.2 Å². The number of pyridine rings is 1. The van der Waals surface area contributed by atoms with Crippen LogP contribution in [-0.2, 0) is 13.0 Å². The maximum atomic E-state index is 15.3. The number of aryl methyl sites for hydroxylation is 1. The molecule has 0 amide bonds. The summed E-state index contributed by atoms with van der Waals surface area (Å²) < 4.78 is 72.2. The van der Waals surface area contributed by atoms with Gasteiger partial charge < -0.3 is 14.4 Å². The van der Waals surface area contributed by atoms with Gasteiger partial charge in [0, 0.05) is 44.0 Å². The molecule has 7 nitrogen and oxygen atoms in total. The molecule has 4 aliphatic rings. The monoisotopic (exact) mass is 585 g/mol. The average molecular weight is 586 g/mol. The van der Waals surface area contributed by atoms with Crippen LogP contribution in [0, 0.1) is 11.2 Å². The predicted octanol–water partition coefficient (Wildman–Crippen LogP) is 5.62. The SMILES string of the molecule is CCN1CC2(CCN(Cc3ccc(N4C=C(F)C(c5cc(F)c6nc7n(c6c5)[C@H](C(F)(F)F)CC7)=NC4)nc3)CC2)C1. The van der Waals surface area contributed by atoms with E-state index < -0.39 is 23.9 Å². The van der Waals surface area contributed by atoms with Gasteiger partial charge in [0.1, 0.15) is 35.6 Å². The summed E-state index contributed by atoms with van der Waals surface area (Å²) in [7, 11) is 0. The lowest BCUT2D eigenvalue weighted by Gasteiger charge is -2.54. The fourth-order valence-corrected chi connectivity index (χ4v) is 6.96. The van der Waals surface area contributed by atoms with Crippen LogP contribution in [-0.4, -0.2) is 75.6 Å². The number of benzene rings is 1. The molecule has 0 bridgehead atoms. The van der Waals surface area contributed by atoms with Crippen molar-refractivity contribution in [1.82, 2.24) is 24.3 Å². The van der Waals surface area contributed by atoms with Crippen LogP contribution in [0.2, 0.25) is 0 Å². The molecule has 0 N–H and O–H groups in total. The highest BCUT2D eigenvalue weighted by Gasteiger charge is 2.46. The van der Waals surface area contributed by atoms with Crippen molar-refractivity contribution in [1.29, 1.82) is 0 Å². The zero-order valence-electron chi connectivity index (χ0n) is 23.3. The number of nitrogens with zero attached hydrogens (tertiary/aromatic N) is 7. The second-order valence-corrected chi connectivity index (χ2v) is 12.0. The molecule has 0 unspecified atom stereocenters. The van der Waals surface area contributed by atoms with E-state index in [9.17, 15) is 17.6 Å². The van der Waals surface area contributed by atoms with E-state index in [2.05, 4.69) is 31.7 Å². The molecule has 0 saturated carbocycles. The number of aromatic nitrogens is 3. The zero-order valence-corrected chi connectivity index (χ0v) is 23.3. The van der Waals surface area contributed by atoms with Gasteiger partial charge in [-0.2, -0.15) is 13.2 Å². The van der Waals surface area contributed by atoms with Crippen LogP contribution >= 0.6 is 0 Å². The van der Waals surface area contributed by atoms with Gasteiger partial charge in [0.25, 0.3) is 0 Å². The maximum Gasteiger partial charge on any atom is 0.409 e. The Morgan fingerprint density at radius 3 is 2.50 bits per heavy atom. The van der Waals surface area contributed by atoms with Crippen LogP contribution in [0.5, 0.6) is 0 Å². The average Bonchev–Trinajstić information content (AvgIpc) is 3.53. The molecule has 3 aromatic rings. The van der Waals surface area contributed by atoms with Crippen molar-refractivity contribution < 1.29 is 22.0 Å². The third-order valence-electron chi connectivity index (χ3n) is 9.29. The van der Waals surface area contributed by atoms with Crippen molar-refractivity contribution in [2.75, 3.05) is 44.3 Å². The first-order valence-corrected chi connectivity index (χ1v) is 14.5. The molecule has 1 spiro atoms. The van der Waals surface area contributed by atoms with Crippen LogP contribution in [0.3, 0.4) is 0 Å². The van der Waals surface area contributed by atoms with Gasteiger partial charge in [0.2, 0.25) is 0 Å². The van der Waals surface area contributed by atoms with Gasteiger partial charge in [0.15, 0.2) is 11.6 Å². The zero-order chi connectivity index (χ0) is 29.2. The molecule has 2 saturated heterocycles. The third kappa shape index (κ3) is 4.78. The number of allylic oxidation sites excluding steroid dienone is 1. The summed E-state index contributed by atoms with van der Waals surface area (Å²) in [6.45, 7) is 8.76. The fourth-order valence-electron chi connectivity index (χ4n) is 6.96. The Labute approximate surface area is 240 Å². The van der Waals surface area contributed by atoms with E-state index in [1.165, 1.54) is 38.2 Å². The van der Waals surface area contributed by atoms with E-state index in [0.29, 0.717) is 11.2 Å². The van der Waals surface area contributed by atoms with Gasteiger partial charge in [-0.1, -0.05) is 13.0 Å². The molecule has 6 heterocycles. The van der Waals surface area contributed by atoms with E-state index in [1.807, 2.05) is 12.1 Å². The topological polar surface area (TPSA) is 52.8 Å². The first-order valence-electron chi connectivity index (χ1n) is 14.5. The number of alkyl halides is 3. The largest absolute Gasteiger partial charge is 0.409 e. The smallest absolute Gasteiger partial charge is 0.316 e. The number of likely N-dealkylation sites (tertiary alicyclic amines) is 2. The lowest BCUT2D eigenvalue weighted by atomic mass is 9.72. The van der Waals surface area contributed by atoms with E-state index >= 15 is 4.39 Å². The number of piperidine rings is 1. The Morgan fingerprint density at radius 2 is 1.83 bits per heavy atom. The number of aliphatic imine (C=N–C) groups is 1. The molecule has 1 atom stereocenters. The van der Waals surface area contributed by atoms with Gasteiger partial charge in [-0.25, -0.2) is 18.7 Å². The normalized spacial score (nSPS) is 22.8. The van der Waals surface area contributed by atoms with Crippen LogP contribution in [0.25, 0.3) is 11.0 Å². The Hall–Kier alpha value is -3.38. The van der Waals surface area contributed by atoms with Gasteiger partial charge in [0.05, 0.1) is 5.52 Å². The molecule has 0 aliphatic carbocycles. The number of imidazole rings is 1. The molecular formula is C30H32F5N7. The highest BCUT2D eigenvalue weighted by atomic mass is 19.4. The predicted molar refractivity (Wildman–Crippen MR) is 149 cm³/mol. The second-order valence-electron chi connectivity index (χ2n) is 12.0. The number of fused-ring (bicyclic) bond motifs is 3. The standard InChI is InChI=1S/C30H32F5N7/c1-2-39-16-29(17-39)7-9-40(10-8-29)14-19-3-5-25(36-13-19)41-15-22(32)27(37-18-41)20-11-21(31)28-23(12-20)42-24(30(33,34)35)4-6-26(42)38-28/h3,5,11-13,15,24H,2,4,6-10,14,16-18H2,1H3/t24-/m0/s1. The second kappa shape index (κ2) is 10.1. The minimum absolute atomic E-state index is 0.00509. The molecule has 222 valence electrons. The molecule has 4 aliphatic heterocycles. The molecule has 1 aromatic carbocycles. The molecule has 2 fully saturated rings. The lowest BCUT2D eigenvalue weighted by Crippen LogP contribution is -2.59. The first-order chi connectivity index (χ1) is 20.1. The summed E-state index contributed by atoms with van der Waals surface area (Å²) in [6.07, 6.45) is 0.931. The van der Waals surface area contributed by atoms with Crippen molar-refractivity contribution >= 4 is 22.6 Å². The summed E-state index contributed by atoms with van der Waals surface area (Å²) in [5, 5.41) is 0. The van der Waals surface area contributed by atoms with Gasteiger partial charge in [-0.05, 0) is 68.1 Å². The summed E-state index contributed by atoms with van der Waals surface area (Å²) >= 11 is 0. The van der Waals surface area contributed by atoms with E-state index in [0.717, 1.165) is 42.4 Å². The summed E-state index contributed by atoms with van der Waals surface area (Å²) in [5.41, 5.74) is 1.38. The summed E-state index contributed by atoms with van der Waals surface area (Å²) in [4.78, 5) is 19.4. The number of halogens is 5. The van der Waals surface area contributed by atoms with Crippen molar-refractivity contribution in [3.8, 4) is 0 Å². The third-order valence-corrected chi connectivity index (χ3v) is 9.29. The van der Waals surface area contributed by atoms with Crippen LogP contribution in [0.15, 0.2) is 47.5 Å². The van der Waals surface area contributed by atoms with Gasteiger partial charge in [-0.3, -0.25) is 9.89 Å². The van der Waals surface area contributed by atoms with E-state index in [4.69, 9.17) is 0 Å². The Balaban J connectivity index is 1.03. The van der Waals surface area contributed by atoms with Gasteiger partial charge in [-0.15, -0.1) is 0 Å². The molecular weight excluding hydrogens is 553 g/mol. The molecule has 12 heteroatoms. The fraction of sp³-hybridized carbons (Fsp3) is 0.500. The molecule has 2 aromatic heterocycles. The number of rotatable bonds is 5. The van der Waals surface area contributed by atoms with Crippen molar-refractivity contribution in [2.45, 2.75) is 51.4 Å². The van der Waals surface area contributed by atoms with Crippen molar-refractivity contribution in [3.63, 3.8) is 0 Å². The van der Waals surface area contributed by atoms with Crippen LogP contribution in [0.4, 0.5) is 27.8 Å². The Bertz CT molecular complexity index is 1560. The maximum absolute atomic E-state index is 15.3. The minimum atomic E-state index is -4.49. The van der Waals surface area contributed by atoms with Crippen molar-refractivity contribution in [3.05, 3.63) is 65.3 Å².